The summed E-state index contributed by atoms with van der Waals surface area (Å²) in [5, 5.41) is 1.95. The summed E-state index contributed by atoms with van der Waals surface area (Å²) in [6.45, 7) is 4.72. The average Bonchev–Trinajstić information content (AvgIpc) is 3.35. The number of hydrogen-bond acceptors (Lipinski definition) is 7. The summed E-state index contributed by atoms with van der Waals surface area (Å²) in [4.78, 5) is 17.6. The number of hydrogen-bond donors (Lipinski definition) is 0. The second-order valence-electron chi connectivity index (χ2n) is 6.27. The Balaban J connectivity index is 1.62. The lowest BCUT2D eigenvalue weighted by Gasteiger charge is -2.13. The Labute approximate surface area is 161 Å². The Kier molecular flexibility index (Phi) is 6.13. The minimum absolute atomic E-state index is 0.0294. The number of nitrogens with zero attached hydrogens (tertiary/aromatic N) is 1. The second-order valence-corrected chi connectivity index (χ2v) is 7.22. The van der Waals surface area contributed by atoms with Crippen molar-refractivity contribution in [3.8, 4) is 22.3 Å². The quantitative estimate of drug-likeness (QED) is 0.517. The summed E-state index contributed by atoms with van der Waals surface area (Å²) in [6, 6.07) is 8.81. The molecule has 2 heterocycles. The molecule has 0 saturated carbocycles. The van der Waals surface area contributed by atoms with E-state index in [1.807, 2.05) is 17.5 Å². The van der Waals surface area contributed by atoms with Gasteiger partial charge in [-0.15, -0.1) is 11.3 Å². The van der Waals surface area contributed by atoms with Crippen molar-refractivity contribution in [3.63, 3.8) is 0 Å². The predicted molar refractivity (Wildman–Crippen MR) is 102 cm³/mol. The van der Waals surface area contributed by atoms with Crippen LogP contribution in [0.15, 0.2) is 46.4 Å². The number of benzene rings is 1. The highest BCUT2D eigenvalue weighted by molar-refractivity contribution is 7.13. The third-order valence-corrected chi connectivity index (χ3v) is 4.46. The van der Waals surface area contributed by atoms with Gasteiger partial charge in [0.25, 0.3) is 0 Å². The van der Waals surface area contributed by atoms with Gasteiger partial charge in [0.2, 0.25) is 5.89 Å². The summed E-state index contributed by atoms with van der Waals surface area (Å²) < 4.78 is 21.8. The van der Waals surface area contributed by atoms with E-state index in [1.165, 1.54) is 24.7 Å². The van der Waals surface area contributed by atoms with Crippen LogP contribution < -0.4 is 9.47 Å². The van der Waals surface area contributed by atoms with Crippen molar-refractivity contribution in [1.29, 1.82) is 0 Å². The van der Waals surface area contributed by atoms with Gasteiger partial charge in [-0.3, -0.25) is 0 Å². The lowest BCUT2D eigenvalue weighted by molar-refractivity contribution is 0.0467. The van der Waals surface area contributed by atoms with Crippen molar-refractivity contribution in [1.82, 2.24) is 4.98 Å². The average molecular weight is 387 g/mol. The molecule has 0 radical (unpaired) electrons. The van der Waals surface area contributed by atoms with E-state index < -0.39 is 5.97 Å². The van der Waals surface area contributed by atoms with Gasteiger partial charge in [-0.25, -0.2) is 9.78 Å². The molecule has 7 heteroatoms. The van der Waals surface area contributed by atoms with Crippen molar-refractivity contribution in [2.24, 2.45) is 5.92 Å². The molecule has 3 aromatic rings. The number of thiophene rings is 1. The third kappa shape index (κ3) is 4.89. The molecule has 0 aliphatic heterocycles. The highest BCUT2D eigenvalue weighted by Gasteiger charge is 2.14. The number of methoxy groups -OCH3 is 1. The zero-order valence-electron chi connectivity index (χ0n) is 15.4. The molecule has 0 bridgehead atoms. The molecule has 0 N–H and O–H groups in total. The molecule has 0 atom stereocenters. The highest BCUT2D eigenvalue weighted by Crippen LogP contribution is 2.29. The Morgan fingerprint density at radius 3 is 2.81 bits per heavy atom. The van der Waals surface area contributed by atoms with Crippen molar-refractivity contribution < 1.29 is 23.4 Å². The van der Waals surface area contributed by atoms with E-state index in [4.69, 9.17) is 18.6 Å². The van der Waals surface area contributed by atoms with E-state index in [2.05, 4.69) is 18.8 Å². The molecule has 0 spiro atoms. The first-order valence-electron chi connectivity index (χ1n) is 8.53. The molecule has 0 aliphatic carbocycles. The molecule has 0 amide bonds. The topological polar surface area (TPSA) is 70.8 Å². The largest absolute Gasteiger partial charge is 0.493 e. The van der Waals surface area contributed by atoms with E-state index in [9.17, 15) is 4.79 Å². The second kappa shape index (κ2) is 8.73. The molecule has 0 aliphatic rings. The summed E-state index contributed by atoms with van der Waals surface area (Å²) >= 11 is 1.53. The molecular weight excluding hydrogens is 366 g/mol. The first-order chi connectivity index (χ1) is 13.1. The minimum Gasteiger partial charge on any atom is -0.493 e. The monoisotopic (exact) mass is 387 g/mol. The Bertz CT molecular complexity index is 886. The van der Waals surface area contributed by atoms with Gasteiger partial charge in [-0.2, -0.15) is 0 Å². The van der Waals surface area contributed by atoms with E-state index in [1.54, 1.807) is 18.2 Å². The number of oxazole rings is 1. The van der Waals surface area contributed by atoms with Crippen molar-refractivity contribution in [3.05, 3.63) is 53.2 Å². The molecule has 0 fully saturated rings. The SMILES string of the molecule is COc1cc(C(=O)OCc2coc(-c3cccs3)n2)ccc1OCC(C)C. The molecule has 27 heavy (non-hydrogen) atoms. The van der Waals surface area contributed by atoms with E-state index in [0.717, 1.165) is 4.88 Å². The van der Waals surface area contributed by atoms with Crippen LogP contribution in [0.25, 0.3) is 10.8 Å². The molecule has 1 aromatic carbocycles. The molecule has 142 valence electrons. The number of carbonyl (C=O) groups excluding carboxylic acids is 1. The van der Waals surface area contributed by atoms with E-state index in [-0.39, 0.29) is 6.61 Å². The smallest absolute Gasteiger partial charge is 0.338 e. The maximum absolute atomic E-state index is 12.3. The molecule has 3 rings (SSSR count). The summed E-state index contributed by atoms with van der Waals surface area (Å²) in [5.41, 5.74) is 0.932. The first kappa shape index (κ1) is 19.0. The highest BCUT2D eigenvalue weighted by atomic mass is 32.1. The van der Waals surface area contributed by atoms with E-state index in [0.29, 0.717) is 41.2 Å². The molecular formula is C20H21NO5S. The summed E-state index contributed by atoms with van der Waals surface area (Å²) in [5.74, 6) is 1.53. The molecule has 6 nitrogen and oxygen atoms in total. The van der Waals surface area contributed by atoms with Crippen LogP contribution in [-0.4, -0.2) is 24.7 Å². The van der Waals surface area contributed by atoms with Gasteiger partial charge in [0.15, 0.2) is 11.5 Å². The van der Waals surface area contributed by atoms with Gasteiger partial charge in [0.05, 0.1) is 24.2 Å². The fraction of sp³-hybridized carbons (Fsp3) is 0.300. The van der Waals surface area contributed by atoms with Gasteiger partial charge in [0.1, 0.15) is 18.6 Å². The van der Waals surface area contributed by atoms with Gasteiger partial charge >= 0.3 is 5.97 Å². The van der Waals surface area contributed by atoms with Crippen LogP contribution in [0.1, 0.15) is 29.9 Å². The van der Waals surface area contributed by atoms with Crippen molar-refractivity contribution in [2.45, 2.75) is 20.5 Å². The number of ether oxygens (including phenoxy) is 3. The van der Waals surface area contributed by atoms with Crippen molar-refractivity contribution >= 4 is 17.3 Å². The Hall–Kier alpha value is -2.80. The Morgan fingerprint density at radius 2 is 2.11 bits per heavy atom. The maximum Gasteiger partial charge on any atom is 0.338 e. The third-order valence-electron chi connectivity index (χ3n) is 3.61. The number of esters is 1. The normalized spacial score (nSPS) is 10.8. The predicted octanol–water partition coefficient (Wildman–Crippen LogP) is 4.80. The lowest BCUT2D eigenvalue weighted by Crippen LogP contribution is -2.08. The van der Waals surface area contributed by atoms with Crippen LogP contribution >= 0.6 is 11.3 Å². The summed E-state index contributed by atoms with van der Waals surface area (Å²) in [7, 11) is 1.54. The minimum atomic E-state index is -0.468. The molecule has 0 saturated heterocycles. The van der Waals surface area contributed by atoms with Crippen LogP contribution in [0, 0.1) is 5.92 Å². The first-order valence-corrected chi connectivity index (χ1v) is 9.41. The molecule has 2 aromatic heterocycles. The zero-order valence-corrected chi connectivity index (χ0v) is 16.2. The number of aromatic nitrogens is 1. The number of carbonyl (C=O) groups is 1. The number of rotatable bonds is 8. The van der Waals surface area contributed by atoms with Crippen molar-refractivity contribution in [2.75, 3.05) is 13.7 Å². The van der Waals surface area contributed by atoms with Gasteiger partial charge in [-0.1, -0.05) is 19.9 Å². The van der Waals surface area contributed by atoms with Crippen LogP contribution in [0.3, 0.4) is 0 Å². The van der Waals surface area contributed by atoms with Crippen LogP contribution in [0.2, 0.25) is 0 Å². The van der Waals surface area contributed by atoms with Gasteiger partial charge in [-0.05, 0) is 35.6 Å². The Morgan fingerprint density at radius 1 is 1.26 bits per heavy atom. The van der Waals surface area contributed by atoms with Crippen LogP contribution in [0.4, 0.5) is 0 Å². The summed E-state index contributed by atoms with van der Waals surface area (Å²) in [6.07, 6.45) is 1.49. The van der Waals surface area contributed by atoms with Crippen LogP contribution in [0.5, 0.6) is 11.5 Å². The maximum atomic E-state index is 12.3. The molecule has 0 unspecified atom stereocenters. The fourth-order valence-electron chi connectivity index (χ4n) is 2.28. The van der Waals surface area contributed by atoms with Gasteiger partial charge in [0, 0.05) is 0 Å². The lowest BCUT2D eigenvalue weighted by atomic mass is 10.2. The fourth-order valence-corrected chi connectivity index (χ4v) is 2.94. The van der Waals surface area contributed by atoms with Gasteiger partial charge < -0.3 is 18.6 Å². The van der Waals surface area contributed by atoms with Crippen LogP contribution in [-0.2, 0) is 11.3 Å². The standard InChI is InChI=1S/C20H21NO5S/c1-13(2)10-24-16-7-6-14(9-17(16)23-3)20(22)26-12-15-11-25-19(21-15)18-5-4-8-27-18/h4-9,11,13H,10,12H2,1-3H3. The zero-order chi connectivity index (χ0) is 19.2. The van der Waals surface area contributed by atoms with E-state index >= 15 is 0 Å².